The van der Waals surface area contributed by atoms with Crippen molar-refractivity contribution in [3.8, 4) is 5.75 Å². The summed E-state index contributed by atoms with van der Waals surface area (Å²) in [6.45, 7) is 12.1. The fraction of sp³-hybridized carbons (Fsp3) is 0.647. The lowest BCUT2D eigenvalue weighted by molar-refractivity contribution is 0.260. The van der Waals surface area contributed by atoms with Gasteiger partial charge in [0.25, 0.3) is 0 Å². The smallest absolute Gasteiger partial charge is 0.122 e. The standard InChI is InChI=1S/C17H28ClNO/c1-12(2)14-10-16(13(3)9-15(14)18)20-8-6-7-17(4,5)11-19/h9-10,12H,6-8,11,19H2,1-5H3. The second-order valence-electron chi connectivity index (χ2n) is 6.61. The first kappa shape index (κ1) is 17.3. The fourth-order valence-corrected chi connectivity index (χ4v) is 2.54. The predicted molar refractivity (Wildman–Crippen MR) is 87.8 cm³/mol. The lowest BCUT2D eigenvalue weighted by Gasteiger charge is -2.22. The van der Waals surface area contributed by atoms with E-state index < -0.39 is 0 Å². The van der Waals surface area contributed by atoms with Crippen LogP contribution in [0.25, 0.3) is 0 Å². The number of nitrogens with two attached hydrogens (primary N) is 1. The summed E-state index contributed by atoms with van der Waals surface area (Å²) in [5, 5.41) is 0.828. The van der Waals surface area contributed by atoms with Crippen LogP contribution in [0.2, 0.25) is 5.02 Å². The molecule has 0 saturated heterocycles. The number of halogens is 1. The van der Waals surface area contributed by atoms with Crippen molar-refractivity contribution in [2.24, 2.45) is 11.1 Å². The van der Waals surface area contributed by atoms with E-state index in [-0.39, 0.29) is 5.41 Å². The van der Waals surface area contributed by atoms with Crippen LogP contribution in [0.1, 0.15) is 57.6 Å². The van der Waals surface area contributed by atoms with Crippen molar-refractivity contribution in [3.63, 3.8) is 0 Å². The van der Waals surface area contributed by atoms with Crippen LogP contribution in [-0.2, 0) is 0 Å². The molecule has 0 aliphatic rings. The third kappa shape index (κ3) is 4.99. The van der Waals surface area contributed by atoms with Gasteiger partial charge in [-0.2, -0.15) is 0 Å². The van der Waals surface area contributed by atoms with Gasteiger partial charge in [-0.05, 0) is 60.9 Å². The highest BCUT2D eigenvalue weighted by Gasteiger charge is 2.15. The Morgan fingerprint density at radius 1 is 1.30 bits per heavy atom. The van der Waals surface area contributed by atoms with Crippen LogP contribution in [0, 0.1) is 12.3 Å². The lowest BCUT2D eigenvalue weighted by Crippen LogP contribution is -2.24. The van der Waals surface area contributed by atoms with E-state index in [1.165, 1.54) is 0 Å². The maximum atomic E-state index is 6.27. The van der Waals surface area contributed by atoms with Gasteiger partial charge < -0.3 is 10.5 Å². The Morgan fingerprint density at radius 3 is 2.50 bits per heavy atom. The summed E-state index contributed by atoms with van der Waals surface area (Å²) in [4.78, 5) is 0. The molecule has 20 heavy (non-hydrogen) atoms. The molecule has 0 saturated carbocycles. The molecule has 0 amide bonds. The summed E-state index contributed by atoms with van der Waals surface area (Å²) >= 11 is 6.27. The maximum absolute atomic E-state index is 6.27. The van der Waals surface area contributed by atoms with Crippen molar-refractivity contribution in [2.75, 3.05) is 13.2 Å². The number of benzene rings is 1. The fourth-order valence-electron chi connectivity index (χ4n) is 2.10. The van der Waals surface area contributed by atoms with Crippen molar-refractivity contribution in [1.82, 2.24) is 0 Å². The molecule has 0 radical (unpaired) electrons. The van der Waals surface area contributed by atoms with E-state index in [9.17, 15) is 0 Å². The highest BCUT2D eigenvalue weighted by Crippen LogP contribution is 2.31. The summed E-state index contributed by atoms with van der Waals surface area (Å²) in [5.74, 6) is 1.35. The molecular weight excluding hydrogens is 270 g/mol. The van der Waals surface area contributed by atoms with Gasteiger partial charge in [-0.1, -0.05) is 39.3 Å². The van der Waals surface area contributed by atoms with Gasteiger partial charge in [0, 0.05) is 5.02 Å². The van der Waals surface area contributed by atoms with Crippen LogP contribution >= 0.6 is 11.6 Å². The largest absolute Gasteiger partial charge is 0.493 e. The van der Waals surface area contributed by atoms with E-state index in [2.05, 4.69) is 33.8 Å². The summed E-state index contributed by atoms with van der Waals surface area (Å²) in [7, 11) is 0. The van der Waals surface area contributed by atoms with Crippen LogP contribution in [0.4, 0.5) is 0 Å². The molecule has 2 nitrogen and oxygen atoms in total. The molecule has 0 fully saturated rings. The number of ether oxygens (including phenoxy) is 1. The molecule has 114 valence electrons. The van der Waals surface area contributed by atoms with Crippen LogP contribution in [0.15, 0.2) is 12.1 Å². The van der Waals surface area contributed by atoms with E-state index in [0.717, 1.165) is 41.3 Å². The van der Waals surface area contributed by atoms with Crippen LogP contribution in [0.5, 0.6) is 5.75 Å². The van der Waals surface area contributed by atoms with Crippen molar-refractivity contribution in [3.05, 3.63) is 28.3 Å². The highest BCUT2D eigenvalue weighted by atomic mass is 35.5. The van der Waals surface area contributed by atoms with Gasteiger partial charge >= 0.3 is 0 Å². The molecule has 0 unspecified atom stereocenters. The van der Waals surface area contributed by atoms with E-state index in [4.69, 9.17) is 22.1 Å². The number of aryl methyl sites for hydroxylation is 1. The molecule has 0 heterocycles. The highest BCUT2D eigenvalue weighted by molar-refractivity contribution is 6.31. The summed E-state index contributed by atoms with van der Waals surface area (Å²) < 4.78 is 5.92. The molecular formula is C17H28ClNO. The zero-order valence-corrected chi connectivity index (χ0v) is 14.2. The number of hydrogen-bond acceptors (Lipinski definition) is 2. The quantitative estimate of drug-likeness (QED) is 0.725. The van der Waals surface area contributed by atoms with Gasteiger partial charge in [-0.3, -0.25) is 0 Å². The van der Waals surface area contributed by atoms with Crippen molar-refractivity contribution in [1.29, 1.82) is 0 Å². The van der Waals surface area contributed by atoms with E-state index in [1.807, 2.05) is 13.0 Å². The van der Waals surface area contributed by atoms with Gasteiger partial charge in [-0.15, -0.1) is 0 Å². The SMILES string of the molecule is Cc1cc(Cl)c(C(C)C)cc1OCCCC(C)(C)CN. The molecule has 0 aromatic heterocycles. The molecule has 3 heteroatoms. The average Bonchev–Trinajstić information content (AvgIpc) is 2.36. The monoisotopic (exact) mass is 297 g/mol. The molecule has 0 bridgehead atoms. The first-order chi connectivity index (χ1) is 9.26. The Balaban J connectivity index is 2.62. The second-order valence-corrected chi connectivity index (χ2v) is 7.02. The molecule has 0 atom stereocenters. The third-order valence-electron chi connectivity index (χ3n) is 3.72. The Kier molecular flexibility index (Phi) is 6.35. The lowest BCUT2D eigenvalue weighted by atomic mass is 9.88. The van der Waals surface area contributed by atoms with Crippen LogP contribution in [0.3, 0.4) is 0 Å². The normalized spacial score (nSPS) is 12.0. The zero-order chi connectivity index (χ0) is 15.3. The first-order valence-corrected chi connectivity index (χ1v) is 7.77. The minimum atomic E-state index is 0.196. The maximum Gasteiger partial charge on any atom is 0.122 e. The van der Waals surface area contributed by atoms with Gasteiger partial charge in [0.1, 0.15) is 5.75 Å². The number of hydrogen-bond donors (Lipinski definition) is 1. The van der Waals surface area contributed by atoms with E-state index >= 15 is 0 Å². The Labute approximate surface area is 128 Å². The van der Waals surface area contributed by atoms with Crippen LogP contribution in [-0.4, -0.2) is 13.2 Å². The Hall–Kier alpha value is -0.730. The summed E-state index contributed by atoms with van der Waals surface area (Å²) in [5.41, 5.74) is 8.18. The van der Waals surface area contributed by atoms with E-state index in [0.29, 0.717) is 12.5 Å². The molecule has 0 aliphatic heterocycles. The van der Waals surface area contributed by atoms with Gasteiger partial charge in [-0.25, -0.2) is 0 Å². The minimum Gasteiger partial charge on any atom is -0.493 e. The average molecular weight is 298 g/mol. The number of rotatable bonds is 7. The Bertz CT molecular complexity index is 441. The molecule has 2 N–H and O–H groups in total. The van der Waals surface area contributed by atoms with Gasteiger partial charge in [0.2, 0.25) is 0 Å². The summed E-state index contributed by atoms with van der Waals surface area (Å²) in [6, 6.07) is 4.08. The van der Waals surface area contributed by atoms with Crippen molar-refractivity contribution >= 4 is 11.6 Å². The predicted octanol–water partition coefficient (Wildman–Crippen LogP) is 4.92. The molecule has 0 aliphatic carbocycles. The molecule has 1 aromatic carbocycles. The third-order valence-corrected chi connectivity index (χ3v) is 4.05. The van der Waals surface area contributed by atoms with Crippen molar-refractivity contribution in [2.45, 2.75) is 53.4 Å². The molecule has 0 spiro atoms. The Morgan fingerprint density at radius 2 is 1.95 bits per heavy atom. The van der Waals surface area contributed by atoms with Crippen molar-refractivity contribution < 1.29 is 4.74 Å². The van der Waals surface area contributed by atoms with Crippen LogP contribution < -0.4 is 10.5 Å². The minimum absolute atomic E-state index is 0.196. The zero-order valence-electron chi connectivity index (χ0n) is 13.4. The molecule has 1 aromatic rings. The van der Waals surface area contributed by atoms with Gasteiger partial charge in [0.05, 0.1) is 6.61 Å². The summed E-state index contributed by atoms with van der Waals surface area (Å²) in [6.07, 6.45) is 2.09. The second kappa shape index (κ2) is 7.33. The van der Waals surface area contributed by atoms with E-state index in [1.54, 1.807) is 0 Å². The topological polar surface area (TPSA) is 35.2 Å². The first-order valence-electron chi connectivity index (χ1n) is 7.40. The molecule has 1 rings (SSSR count). The van der Waals surface area contributed by atoms with Gasteiger partial charge in [0.15, 0.2) is 0 Å².